The minimum atomic E-state index is -3.45. The van der Waals surface area contributed by atoms with Crippen LogP contribution in [0.5, 0.6) is 11.5 Å². The highest BCUT2D eigenvalue weighted by Gasteiger charge is 2.29. The van der Waals surface area contributed by atoms with Crippen molar-refractivity contribution < 1.29 is 22.7 Å². The lowest BCUT2D eigenvalue weighted by atomic mass is 9.98. The highest BCUT2D eigenvalue weighted by Crippen LogP contribution is 2.35. The van der Waals surface area contributed by atoms with Crippen LogP contribution in [0.2, 0.25) is 0 Å². The van der Waals surface area contributed by atoms with E-state index in [1.54, 1.807) is 48.5 Å². The Kier molecular flexibility index (Phi) is 5.23. The van der Waals surface area contributed by atoms with Crippen molar-refractivity contribution in [2.75, 3.05) is 26.4 Å². The third-order valence-electron chi connectivity index (χ3n) is 5.15. The molecule has 0 radical (unpaired) electrons. The fourth-order valence-electron chi connectivity index (χ4n) is 3.54. The van der Waals surface area contributed by atoms with Crippen LogP contribution in [0.4, 0.5) is 0 Å². The number of carbonyl (C=O) groups is 1. The topological polar surface area (TPSA) is 84.9 Å². The Morgan fingerprint density at radius 2 is 1.79 bits per heavy atom. The first-order valence-corrected chi connectivity index (χ1v) is 10.7. The van der Waals surface area contributed by atoms with Crippen molar-refractivity contribution in [3.63, 3.8) is 0 Å². The summed E-state index contributed by atoms with van der Waals surface area (Å²) in [4.78, 5) is 12.8. The van der Waals surface area contributed by atoms with Crippen molar-refractivity contribution in [3.05, 3.63) is 54.1 Å². The molecule has 28 heavy (non-hydrogen) atoms. The lowest BCUT2D eigenvalue weighted by Crippen LogP contribution is -2.41. The molecule has 2 aliphatic rings. The number of sulfonamides is 1. The zero-order chi connectivity index (χ0) is 19.6. The number of piperidine rings is 1. The summed E-state index contributed by atoms with van der Waals surface area (Å²) in [5, 5.41) is 2.94. The van der Waals surface area contributed by atoms with Gasteiger partial charge in [-0.3, -0.25) is 4.79 Å². The Balaban J connectivity index is 1.32. The molecule has 1 fully saturated rings. The van der Waals surface area contributed by atoms with Gasteiger partial charge in [-0.25, -0.2) is 8.42 Å². The van der Waals surface area contributed by atoms with Crippen LogP contribution in [-0.2, 0) is 10.0 Å². The van der Waals surface area contributed by atoms with Crippen LogP contribution < -0.4 is 14.8 Å². The number of nitrogens with zero attached hydrogens (tertiary/aromatic N) is 1. The van der Waals surface area contributed by atoms with Crippen LogP contribution in [0.1, 0.15) is 23.2 Å². The van der Waals surface area contributed by atoms with E-state index in [9.17, 15) is 13.2 Å². The predicted octanol–water partition coefficient (Wildman–Crippen LogP) is 2.25. The molecular formula is C20H22N2O5S. The molecule has 0 spiro atoms. The molecule has 2 heterocycles. The van der Waals surface area contributed by atoms with Crippen molar-refractivity contribution in [1.29, 1.82) is 0 Å². The molecule has 2 aromatic carbocycles. The molecule has 0 aromatic heterocycles. The van der Waals surface area contributed by atoms with E-state index in [0.29, 0.717) is 54.4 Å². The summed E-state index contributed by atoms with van der Waals surface area (Å²) in [6.07, 6.45) is 1.41. The molecule has 0 unspecified atom stereocenters. The van der Waals surface area contributed by atoms with E-state index in [2.05, 4.69) is 5.32 Å². The number of amides is 1. The number of carbonyl (C=O) groups excluding carboxylic acids is 1. The number of benzene rings is 2. The molecule has 0 saturated carbocycles. The lowest BCUT2D eigenvalue weighted by Gasteiger charge is -2.31. The van der Waals surface area contributed by atoms with Crippen molar-refractivity contribution in [2.24, 2.45) is 5.92 Å². The molecule has 8 heteroatoms. The summed E-state index contributed by atoms with van der Waals surface area (Å²) in [6.45, 7) is 1.53. The molecule has 1 N–H and O–H groups in total. The van der Waals surface area contributed by atoms with Gasteiger partial charge in [-0.1, -0.05) is 24.3 Å². The van der Waals surface area contributed by atoms with Crippen LogP contribution >= 0.6 is 0 Å². The first kappa shape index (κ1) is 18.8. The Labute approximate surface area is 164 Å². The average molecular weight is 402 g/mol. The second kappa shape index (κ2) is 7.81. The Bertz CT molecular complexity index is 954. The van der Waals surface area contributed by atoms with E-state index >= 15 is 0 Å². The molecule has 2 aromatic rings. The molecule has 1 saturated heterocycles. The first-order chi connectivity index (χ1) is 13.6. The molecule has 0 bridgehead atoms. The second-order valence-electron chi connectivity index (χ2n) is 6.91. The zero-order valence-corrected chi connectivity index (χ0v) is 16.2. The predicted molar refractivity (Wildman–Crippen MR) is 103 cm³/mol. The van der Waals surface area contributed by atoms with Crippen molar-refractivity contribution >= 4 is 15.9 Å². The van der Waals surface area contributed by atoms with Gasteiger partial charge in [-0.2, -0.15) is 4.31 Å². The van der Waals surface area contributed by atoms with Gasteiger partial charge in [0.2, 0.25) is 16.8 Å². The van der Waals surface area contributed by atoms with Gasteiger partial charge in [0.1, 0.15) is 0 Å². The van der Waals surface area contributed by atoms with Gasteiger partial charge in [-0.15, -0.1) is 0 Å². The summed E-state index contributed by atoms with van der Waals surface area (Å²) in [5.74, 6) is 1.08. The quantitative estimate of drug-likeness (QED) is 0.829. The summed E-state index contributed by atoms with van der Waals surface area (Å²) in [5.41, 5.74) is 0.457. The van der Waals surface area contributed by atoms with Gasteiger partial charge in [0, 0.05) is 19.6 Å². The van der Waals surface area contributed by atoms with Crippen LogP contribution in [0, 0.1) is 5.92 Å². The average Bonchev–Trinajstić information content (AvgIpc) is 3.22. The Morgan fingerprint density at radius 3 is 2.54 bits per heavy atom. The minimum absolute atomic E-state index is 0.119. The SMILES string of the molecule is O=C(NCC1CCN(S(=O)(=O)c2ccccc2)CC1)c1cccc2c1OCO2. The lowest BCUT2D eigenvalue weighted by molar-refractivity contribution is 0.0937. The molecule has 148 valence electrons. The van der Waals surface area contributed by atoms with Crippen molar-refractivity contribution in [1.82, 2.24) is 9.62 Å². The summed E-state index contributed by atoms with van der Waals surface area (Å²) < 4.78 is 37.6. The fraction of sp³-hybridized carbons (Fsp3) is 0.350. The third-order valence-corrected chi connectivity index (χ3v) is 7.06. The summed E-state index contributed by atoms with van der Waals surface area (Å²) >= 11 is 0. The van der Waals surface area contributed by atoms with E-state index in [0.717, 1.165) is 0 Å². The first-order valence-electron chi connectivity index (χ1n) is 9.28. The molecule has 7 nitrogen and oxygen atoms in total. The summed E-state index contributed by atoms with van der Waals surface area (Å²) in [7, 11) is -3.45. The Morgan fingerprint density at radius 1 is 1.04 bits per heavy atom. The van der Waals surface area contributed by atoms with Gasteiger partial charge in [0.15, 0.2) is 11.5 Å². The molecule has 0 aliphatic carbocycles. The Hall–Kier alpha value is -2.58. The van der Waals surface area contributed by atoms with E-state index in [4.69, 9.17) is 9.47 Å². The second-order valence-corrected chi connectivity index (χ2v) is 8.85. The summed E-state index contributed by atoms with van der Waals surface area (Å²) in [6, 6.07) is 13.7. The van der Waals surface area contributed by atoms with Crippen LogP contribution in [-0.4, -0.2) is 45.1 Å². The maximum atomic E-state index is 12.7. The monoisotopic (exact) mass is 402 g/mol. The fourth-order valence-corrected chi connectivity index (χ4v) is 5.03. The van der Waals surface area contributed by atoms with Crippen LogP contribution in [0.3, 0.4) is 0 Å². The smallest absolute Gasteiger partial charge is 0.255 e. The molecule has 1 amide bonds. The molecule has 2 aliphatic heterocycles. The van der Waals surface area contributed by atoms with Gasteiger partial charge in [0.05, 0.1) is 10.5 Å². The number of para-hydroxylation sites is 1. The highest BCUT2D eigenvalue weighted by atomic mass is 32.2. The number of ether oxygens (including phenoxy) is 2. The van der Waals surface area contributed by atoms with E-state index < -0.39 is 10.0 Å². The number of nitrogens with one attached hydrogen (secondary N) is 1. The van der Waals surface area contributed by atoms with Gasteiger partial charge in [0.25, 0.3) is 5.91 Å². The van der Waals surface area contributed by atoms with Crippen LogP contribution in [0.15, 0.2) is 53.4 Å². The standard InChI is InChI=1S/C20H22N2O5S/c23-20(17-7-4-8-18-19(17)27-14-26-18)21-13-15-9-11-22(12-10-15)28(24,25)16-5-2-1-3-6-16/h1-8,15H,9-14H2,(H,21,23). The normalized spacial score (nSPS) is 17.4. The van der Waals surface area contributed by atoms with Crippen LogP contribution in [0.25, 0.3) is 0 Å². The van der Waals surface area contributed by atoms with Gasteiger partial charge < -0.3 is 14.8 Å². The highest BCUT2D eigenvalue weighted by molar-refractivity contribution is 7.89. The number of fused-ring (bicyclic) bond motifs is 1. The molecular weight excluding hydrogens is 380 g/mol. The van der Waals surface area contributed by atoms with E-state index in [1.807, 2.05) is 0 Å². The minimum Gasteiger partial charge on any atom is -0.454 e. The molecule has 4 rings (SSSR count). The number of hydrogen-bond acceptors (Lipinski definition) is 5. The van der Waals surface area contributed by atoms with Gasteiger partial charge >= 0.3 is 0 Å². The van der Waals surface area contributed by atoms with E-state index in [-0.39, 0.29) is 18.6 Å². The van der Waals surface area contributed by atoms with Crippen molar-refractivity contribution in [3.8, 4) is 11.5 Å². The van der Waals surface area contributed by atoms with Crippen molar-refractivity contribution in [2.45, 2.75) is 17.7 Å². The zero-order valence-electron chi connectivity index (χ0n) is 15.3. The van der Waals surface area contributed by atoms with E-state index in [1.165, 1.54) is 4.31 Å². The van der Waals surface area contributed by atoms with Gasteiger partial charge in [-0.05, 0) is 43.0 Å². The molecule has 0 atom stereocenters. The maximum absolute atomic E-state index is 12.7. The number of rotatable bonds is 5. The maximum Gasteiger partial charge on any atom is 0.255 e. The largest absolute Gasteiger partial charge is 0.454 e. The third kappa shape index (κ3) is 3.70. The number of hydrogen-bond donors (Lipinski definition) is 1.